The van der Waals surface area contributed by atoms with Crippen LogP contribution < -0.4 is 10.1 Å². The second kappa shape index (κ2) is 4.32. The maximum absolute atomic E-state index is 11.3. The van der Waals surface area contributed by atoms with E-state index in [2.05, 4.69) is 5.32 Å². The highest BCUT2D eigenvalue weighted by Crippen LogP contribution is 2.11. The Morgan fingerprint density at radius 1 is 1.13 bits per heavy atom. The summed E-state index contributed by atoms with van der Waals surface area (Å²) in [5.74, 6) is 0.845. The first kappa shape index (κ1) is 9.33. The fraction of sp³-hybridized carbons (Fsp3) is 0. The van der Waals surface area contributed by atoms with Crippen LogP contribution in [0.5, 0.6) is 5.75 Å². The van der Waals surface area contributed by atoms with Crippen LogP contribution in [0.3, 0.4) is 0 Å². The Kier molecular flexibility index (Phi) is 2.69. The van der Waals surface area contributed by atoms with Crippen molar-refractivity contribution < 1.29 is 13.9 Å². The van der Waals surface area contributed by atoms with Gasteiger partial charge in [0.1, 0.15) is 5.75 Å². The van der Waals surface area contributed by atoms with Crippen molar-refractivity contribution in [1.82, 2.24) is 0 Å². The van der Waals surface area contributed by atoms with Crippen LogP contribution in [0.4, 0.5) is 10.7 Å². The molecule has 4 nitrogen and oxygen atoms in total. The molecular formula is C11H9NO3. The number of para-hydroxylation sites is 1. The van der Waals surface area contributed by atoms with Gasteiger partial charge in [0.25, 0.3) is 0 Å². The summed E-state index contributed by atoms with van der Waals surface area (Å²) in [5, 5.41) is 2.44. The van der Waals surface area contributed by atoms with Crippen molar-refractivity contribution in [3.63, 3.8) is 0 Å². The Balaban J connectivity index is 1.94. The van der Waals surface area contributed by atoms with Crippen molar-refractivity contribution in [1.29, 1.82) is 0 Å². The number of ether oxygens (including phenoxy) is 1. The summed E-state index contributed by atoms with van der Waals surface area (Å²) in [5.41, 5.74) is 0. The molecule has 1 aromatic heterocycles. The smallest absolute Gasteiger partial charge is 0.419 e. The van der Waals surface area contributed by atoms with Crippen LogP contribution in [0.1, 0.15) is 0 Å². The van der Waals surface area contributed by atoms with E-state index in [-0.39, 0.29) is 0 Å². The molecule has 76 valence electrons. The molecule has 0 aliphatic heterocycles. The Labute approximate surface area is 86.5 Å². The molecule has 1 heterocycles. The SMILES string of the molecule is O=C(Nc1ccco1)Oc1ccccc1. The molecule has 1 amide bonds. The summed E-state index contributed by atoms with van der Waals surface area (Å²) in [6.45, 7) is 0. The number of carbonyl (C=O) groups is 1. The van der Waals surface area contributed by atoms with E-state index in [4.69, 9.17) is 9.15 Å². The zero-order valence-electron chi connectivity index (χ0n) is 7.84. The molecule has 1 aromatic carbocycles. The van der Waals surface area contributed by atoms with Gasteiger partial charge in [-0.2, -0.15) is 0 Å². The first-order chi connectivity index (χ1) is 7.34. The van der Waals surface area contributed by atoms with Gasteiger partial charge in [-0.25, -0.2) is 4.79 Å². The fourth-order valence-corrected chi connectivity index (χ4v) is 1.07. The highest BCUT2D eigenvalue weighted by Gasteiger charge is 2.05. The van der Waals surface area contributed by atoms with Gasteiger partial charge < -0.3 is 9.15 Å². The largest absolute Gasteiger partial charge is 0.448 e. The number of anilines is 1. The van der Waals surface area contributed by atoms with E-state index in [1.54, 1.807) is 36.4 Å². The maximum atomic E-state index is 11.3. The van der Waals surface area contributed by atoms with Gasteiger partial charge in [0.15, 0.2) is 0 Å². The van der Waals surface area contributed by atoms with Crippen LogP contribution in [0.25, 0.3) is 0 Å². The molecule has 1 N–H and O–H groups in total. The molecule has 0 spiro atoms. The lowest BCUT2D eigenvalue weighted by atomic mass is 10.3. The van der Waals surface area contributed by atoms with Gasteiger partial charge in [0, 0.05) is 6.07 Å². The normalized spacial score (nSPS) is 9.60. The number of hydrogen-bond acceptors (Lipinski definition) is 3. The van der Waals surface area contributed by atoms with E-state index in [1.807, 2.05) is 6.07 Å². The predicted octanol–water partition coefficient (Wildman–Crippen LogP) is 2.89. The first-order valence-corrected chi connectivity index (χ1v) is 4.42. The number of hydrogen-bond donors (Lipinski definition) is 1. The molecular weight excluding hydrogens is 194 g/mol. The molecule has 0 fully saturated rings. The molecule has 0 radical (unpaired) electrons. The van der Waals surface area contributed by atoms with Crippen molar-refractivity contribution in [3.8, 4) is 5.75 Å². The molecule has 0 bridgehead atoms. The van der Waals surface area contributed by atoms with E-state index in [1.165, 1.54) is 6.26 Å². The maximum Gasteiger partial charge on any atom is 0.419 e. The van der Waals surface area contributed by atoms with E-state index >= 15 is 0 Å². The topological polar surface area (TPSA) is 51.5 Å². The zero-order valence-corrected chi connectivity index (χ0v) is 7.84. The highest BCUT2D eigenvalue weighted by molar-refractivity contribution is 5.84. The number of amides is 1. The van der Waals surface area contributed by atoms with Crippen molar-refractivity contribution in [3.05, 3.63) is 48.7 Å². The van der Waals surface area contributed by atoms with Crippen molar-refractivity contribution in [2.45, 2.75) is 0 Å². The lowest BCUT2D eigenvalue weighted by Crippen LogP contribution is -2.16. The average Bonchev–Trinajstić information content (AvgIpc) is 2.71. The predicted molar refractivity (Wildman–Crippen MR) is 54.8 cm³/mol. The lowest BCUT2D eigenvalue weighted by molar-refractivity contribution is 0.214. The van der Waals surface area contributed by atoms with Crippen LogP contribution >= 0.6 is 0 Å². The number of rotatable bonds is 2. The minimum Gasteiger partial charge on any atom is -0.448 e. The van der Waals surface area contributed by atoms with Crippen molar-refractivity contribution in [2.75, 3.05) is 5.32 Å². The third-order valence-electron chi connectivity index (χ3n) is 1.70. The number of benzene rings is 1. The summed E-state index contributed by atoms with van der Waals surface area (Å²) in [4.78, 5) is 11.3. The molecule has 15 heavy (non-hydrogen) atoms. The number of furan rings is 1. The van der Waals surface area contributed by atoms with Gasteiger partial charge in [0.2, 0.25) is 5.88 Å². The van der Waals surface area contributed by atoms with Crippen LogP contribution in [-0.2, 0) is 0 Å². The summed E-state index contributed by atoms with van der Waals surface area (Å²) < 4.78 is 9.91. The summed E-state index contributed by atoms with van der Waals surface area (Å²) in [6.07, 6.45) is 0.897. The van der Waals surface area contributed by atoms with Gasteiger partial charge >= 0.3 is 6.09 Å². The second-order valence-corrected chi connectivity index (χ2v) is 2.80. The Bertz CT molecular complexity index is 422. The molecule has 0 aliphatic rings. The molecule has 0 aliphatic carbocycles. The van der Waals surface area contributed by atoms with Crippen LogP contribution in [0, 0.1) is 0 Å². The standard InChI is InChI=1S/C11H9NO3/c13-11(12-10-7-4-8-14-10)15-9-5-2-1-3-6-9/h1-8H,(H,12,13). The van der Waals surface area contributed by atoms with E-state index < -0.39 is 6.09 Å². The molecule has 0 atom stereocenters. The quantitative estimate of drug-likeness (QED) is 0.816. The molecule has 2 rings (SSSR count). The van der Waals surface area contributed by atoms with Gasteiger partial charge in [-0.1, -0.05) is 18.2 Å². The first-order valence-electron chi connectivity index (χ1n) is 4.42. The average molecular weight is 203 g/mol. The van der Waals surface area contributed by atoms with Crippen LogP contribution in [0.15, 0.2) is 53.1 Å². The molecule has 4 heteroatoms. The Morgan fingerprint density at radius 2 is 1.93 bits per heavy atom. The minimum absolute atomic E-state index is 0.357. The van der Waals surface area contributed by atoms with Crippen molar-refractivity contribution >= 4 is 12.0 Å². The third kappa shape index (κ3) is 2.60. The zero-order chi connectivity index (χ0) is 10.5. The molecule has 0 saturated carbocycles. The van der Waals surface area contributed by atoms with E-state index in [0.29, 0.717) is 11.6 Å². The summed E-state index contributed by atoms with van der Waals surface area (Å²) >= 11 is 0. The minimum atomic E-state index is -0.573. The van der Waals surface area contributed by atoms with Gasteiger partial charge in [-0.3, -0.25) is 5.32 Å². The van der Waals surface area contributed by atoms with E-state index in [9.17, 15) is 4.79 Å². The van der Waals surface area contributed by atoms with Crippen molar-refractivity contribution in [2.24, 2.45) is 0 Å². The van der Waals surface area contributed by atoms with Gasteiger partial charge in [-0.15, -0.1) is 0 Å². The molecule has 0 unspecified atom stereocenters. The van der Waals surface area contributed by atoms with E-state index in [0.717, 1.165) is 0 Å². The van der Waals surface area contributed by atoms with Crippen LogP contribution in [-0.4, -0.2) is 6.09 Å². The Hall–Kier alpha value is -2.23. The van der Waals surface area contributed by atoms with Crippen LogP contribution in [0.2, 0.25) is 0 Å². The summed E-state index contributed by atoms with van der Waals surface area (Å²) in [6, 6.07) is 12.1. The number of carbonyl (C=O) groups excluding carboxylic acids is 1. The Morgan fingerprint density at radius 3 is 2.60 bits per heavy atom. The monoisotopic (exact) mass is 203 g/mol. The second-order valence-electron chi connectivity index (χ2n) is 2.80. The lowest BCUT2D eigenvalue weighted by Gasteiger charge is -2.03. The third-order valence-corrected chi connectivity index (χ3v) is 1.70. The highest BCUT2D eigenvalue weighted by atomic mass is 16.6. The van der Waals surface area contributed by atoms with Gasteiger partial charge in [-0.05, 0) is 18.2 Å². The number of nitrogens with one attached hydrogen (secondary N) is 1. The summed E-state index contributed by atoms with van der Waals surface area (Å²) in [7, 11) is 0. The molecule has 0 saturated heterocycles. The fourth-order valence-electron chi connectivity index (χ4n) is 1.07. The van der Waals surface area contributed by atoms with Gasteiger partial charge in [0.05, 0.1) is 6.26 Å². The molecule has 2 aromatic rings.